The molecule has 2 saturated heterocycles. The molecular formula is C10H16N4O2. The van der Waals surface area contributed by atoms with Crippen molar-refractivity contribution >= 4 is 6.09 Å². The van der Waals surface area contributed by atoms with Crippen molar-refractivity contribution in [1.29, 1.82) is 0 Å². The number of hydrogen-bond donors (Lipinski definition) is 0. The molecule has 2 rings (SSSR count). The number of amides is 1. The summed E-state index contributed by atoms with van der Waals surface area (Å²) in [6, 6.07) is 0.453. The van der Waals surface area contributed by atoms with E-state index < -0.39 is 0 Å². The van der Waals surface area contributed by atoms with Crippen LogP contribution in [0.15, 0.2) is 5.11 Å². The third kappa shape index (κ3) is 1.93. The van der Waals surface area contributed by atoms with Crippen LogP contribution in [-0.2, 0) is 4.74 Å². The van der Waals surface area contributed by atoms with Gasteiger partial charge in [-0.3, -0.25) is 0 Å². The van der Waals surface area contributed by atoms with E-state index >= 15 is 0 Å². The van der Waals surface area contributed by atoms with E-state index in [1.54, 1.807) is 0 Å². The van der Waals surface area contributed by atoms with Crippen molar-refractivity contribution in [2.75, 3.05) is 6.61 Å². The SMILES string of the molecule is CCOC(=O)N1C2CCC1CC(N=[N+]=[N-])C2. The van der Waals surface area contributed by atoms with Gasteiger partial charge in [-0.15, -0.1) is 0 Å². The molecule has 0 saturated carbocycles. The number of ether oxygens (including phenoxy) is 1. The first-order chi connectivity index (χ1) is 7.76. The second kappa shape index (κ2) is 4.61. The van der Waals surface area contributed by atoms with Crippen molar-refractivity contribution in [3.63, 3.8) is 0 Å². The molecule has 2 heterocycles. The lowest BCUT2D eigenvalue weighted by Gasteiger charge is -2.36. The molecule has 0 radical (unpaired) electrons. The van der Waals surface area contributed by atoms with Crippen LogP contribution in [0.1, 0.15) is 32.6 Å². The second-order valence-electron chi connectivity index (χ2n) is 4.32. The van der Waals surface area contributed by atoms with Crippen molar-refractivity contribution in [3.8, 4) is 0 Å². The van der Waals surface area contributed by atoms with Crippen molar-refractivity contribution < 1.29 is 9.53 Å². The molecule has 2 aliphatic heterocycles. The Morgan fingerprint density at radius 1 is 1.50 bits per heavy atom. The lowest BCUT2D eigenvalue weighted by molar-refractivity contribution is 0.0696. The Morgan fingerprint density at radius 2 is 2.12 bits per heavy atom. The van der Waals surface area contributed by atoms with Gasteiger partial charge in [-0.1, -0.05) is 5.11 Å². The van der Waals surface area contributed by atoms with E-state index in [0.29, 0.717) is 6.61 Å². The molecule has 16 heavy (non-hydrogen) atoms. The summed E-state index contributed by atoms with van der Waals surface area (Å²) < 4.78 is 5.04. The van der Waals surface area contributed by atoms with Gasteiger partial charge in [0, 0.05) is 23.0 Å². The lowest BCUT2D eigenvalue weighted by atomic mass is 9.99. The summed E-state index contributed by atoms with van der Waals surface area (Å²) in [5, 5.41) is 3.77. The van der Waals surface area contributed by atoms with Crippen LogP contribution in [-0.4, -0.2) is 35.7 Å². The highest BCUT2D eigenvalue weighted by atomic mass is 16.6. The first kappa shape index (κ1) is 11.1. The molecule has 2 unspecified atom stereocenters. The minimum Gasteiger partial charge on any atom is -0.450 e. The van der Waals surface area contributed by atoms with E-state index in [-0.39, 0.29) is 24.2 Å². The van der Waals surface area contributed by atoms with Crippen LogP contribution in [0, 0.1) is 0 Å². The summed E-state index contributed by atoms with van der Waals surface area (Å²) in [5.74, 6) is 0. The molecule has 0 N–H and O–H groups in total. The van der Waals surface area contributed by atoms with Gasteiger partial charge in [0.1, 0.15) is 0 Å². The minimum atomic E-state index is -0.214. The van der Waals surface area contributed by atoms with Gasteiger partial charge in [-0.25, -0.2) is 4.79 Å². The van der Waals surface area contributed by atoms with Crippen LogP contribution in [0.4, 0.5) is 4.79 Å². The molecule has 2 aliphatic rings. The maximum atomic E-state index is 11.7. The fraction of sp³-hybridized carbons (Fsp3) is 0.900. The number of fused-ring (bicyclic) bond motifs is 2. The van der Waals surface area contributed by atoms with Crippen LogP contribution >= 0.6 is 0 Å². The largest absolute Gasteiger partial charge is 0.450 e. The molecule has 6 nitrogen and oxygen atoms in total. The molecule has 6 heteroatoms. The summed E-state index contributed by atoms with van der Waals surface area (Å²) in [6.45, 7) is 2.22. The van der Waals surface area contributed by atoms with Crippen LogP contribution in [0.25, 0.3) is 10.4 Å². The first-order valence-corrected chi connectivity index (χ1v) is 5.75. The third-order valence-corrected chi connectivity index (χ3v) is 3.40. The van der Waals surface area contributed by atoms with Crippen molar-refractivity contribution in [3.05, 3.63) is 10.4 Å². The molecule has 0 aromatic heterocycles. The zero-order valence-corrected chi connectivity index (χ0v) is 9.37. The van der Waals surface area contributed by atoms with Crippen LogP contribution in [0.2, 0.25) is 0 Å². The molecule has 1 amide bonds. The minimum absolute atomic E-state index is 0.0492. The fourth-order valence-electron chi connectivity index (χ4n) is 2.81. The molecule has 2 atom stereocenters. The van der Waals surface area contributed by atoms with Crippen LogP contribution in [0.3, 0.4) is 0 Å². The highest BCUT2D eigenvalue weighted by Crippen LogP contribution is 2.37. The number of carbonyl (C=O) groups is 1. The van der Waals surface area contributed by atoms with Gasteiger partial charge >= 0.3 is 6.09 Å². The average molecular weight is 224 g/mol. The van der Waals surface area contributed by atoms with Crippen LogP contribution in [0.5, 0.6) is 0 Å². The molecule has 0 aliphatic carbocycles. The molecule has 2 bridgehead atoms. The van der Waals surface area contributed by atoms with E-state index in [1.165, 1.54) is 0 Å². The van der Waals surface area contributed by atoms with Crippen molar-refractivity contribution in [1.82, 2.24) is 4.90 Å². The number of azide groups is 1. The van der Waals surface area contributed by atoms with Gasteiger partial charge in [0.15, 0.2) is 0 Å². The van der Waals surface area contributed by atoms with Crippen molar-refractivity contribution in [2.45, 2.75) is 50.7 Å². The van der Waals surface area contributed by atoms with Gasteiger partial charge in [0.2, 0.25) is 0 Å². The lowest BCUT2D eigenvalue weighted by Crippen LogP contribution is -2.47. The summed E-state index contributed by atoms with van der Waals surface area (Å²) in [5.41, 5.74) is 8.42. The monoisotopic (exact) mass is 224 g/mol. The number of rotatable bonds is 2. The predicted octanol–water partition coefficient (Wildman–Crippen LogP) is 2.45. The Labute approximate surface area is 94.2 Å². The molecule has 88 valence electrons. The Bertz CT molecular complexity index is 313. The number of hydrogen-bond acceptors (Lipinski definition) is 3. The van der Waals surface area contributed by atoms with Gasteiger partial charge in [-0.2, -0.15) is 0 Å². The maximum absolute atomic E-state index is 11.7. The summed E-state index contributed by atoms with van der Waals surface area (Å²) in [6.07, 6.45) is 3.34. The molecule has 0 aromatic carbocycles. The average Bonchev–Trinajstić information content (AvgIpc) is 2.52. The van der Waals surface area contributed by atoms with E-state index in [1.807, 2.05) is 11.8 Å². The first-order valence-electron chi connectivity index (χ1n) is 5.75. The highest BCUT2D eigenvalue weighted by molar-refractivity contribution is 5.69. The fourth-order valence-corrected chi connectivity index (χ4v) is 2.81. The quantitative estimate of drug-likeness (QED) is 0.410. The van der Waals surface area contributed by atoms with Crippen molar-refractivity contribution in [2.24, 2.45) is 5.11 Å². The smallest absolute Gasteiger partial charge is 0.410 e. The Hall–Kier alpha value is -1.42. The Balaban J connectivity index is 2.04. The number of piperidine rings is 1. The zero-order valence-electron chi connectivity index (χ0n) is 9.37. The predicted molar refractivity (Wildman–Crippen MR) is 57.8 cm³/mol. The van der Waals surface area contributed by atoms with E-state index in [9.17, 15) is 4.79 Å². The zero-order chi connectivity index (χ0) is 11.5. The highest BCUT2D eigenvalue weighted by Gasteiger charge is 2.43. The van der Waals surface area contributed by atoms with E-state index in [4.69, 9.17) is 10.3 Å². The topological polar surface area (TPSA) is 78.3 Å². The maximum Gasteiger partial charge on any atom is 0.410 e. The number of carbonyl (C=O) groups excluding carboxylic acids is 1. The summed E-state index contributed by atoms with van der Waals surface area (Å²) in [7, 11) is 0. The molecule has 2 fully saturated rings. The molecular weight excluding hydrogens is 208 g/mol. The van der Waals surface area contributed by atoms with Gasteiger partial charge in [-0.05, 0) is 38.1 Å². The molecule has 0 aromatic rings. The summed E-state index contributed by atoms with van der Waals surface area (Å²) >= 11 is 0. The van der Waals surface area contributed by atoms with E-state index in [0.717, 1.165) is 25.7 Å². The third-order valence-electron chi connectivity index (χ3n) is 3.40. The standard InChI is InChI=1S/C10H16N4O2/c1-2-16-10(15)14-8-3-4-9(14)6-7(5-8)12-13-11/h7-9H,2-6H2,1H3. The Morgan fingerprint density at radius 3 is 2.62 bits per heavy atom. The van der Waals surface area contributed by atoms with Gasteiger partial charge in [0.25, 0.3) is 0 Å². The van der Waals surface area contributed by atoms with E-state index in [2.05, 4.69) is 10.0 Å². The van der Waals surface area contributed by atoms with Gasteiger partial charge in [0.05, 0.1) is 6.61 Å². The normalized spacial score (nSPS) is 32.1. The summed E-state index contributed by atoms with van der Waals surface area (Å²) in [4.78, 5) is 16.4. The number of nitrogens with zero attached hydrogens (tertiary/aromatic N) is 4. The molecule has 0 spiro atoms. The van der Waals surface area contributed by atoms with Gasteiger partial charge < -0.3 is 9.64 Å². The second-order valence-corrected chi connectivity index (χ2v) is 4.32. The Kier molecular flexibility index (Phi) is 3.19. The van der Waals surface area contributed by atoms with Crippen LogP contribution < -0.4 is 0 Å².